The van der Waals surface area contributed by atoms with Gasteiger partial charge in [-0.25, -0.2) is 0 Å². The molecule has 2 aromatic rings. The van der Waals surface area contributed by atoms with Crippen molar-refractivity contribution in [2.24, 2.45) is 5.73 Å². The number of carbonyl (C=O) groups excluding carboxylic acids is 2. The fourth-order valence-electron chi connectivity index (χ4n) is 3.04. The maximum Gasteiger partial charge on any atom is 0.248 e. The van der Waals surface area contributed by atoms with E-state index in [4.69, 9.17) is 5.73 Å². The van der Waals surface area contributed by atoms with Gasteiger partial charge in [-0.05, 0) is 44.0 Å². The third-order valence-electron chi connectivity index (χ3n) is 4.64. The molecule has 3 rings (SSSR count). The molecule has 0 radical (unpaired) electrons. The van der Waals surface area contributed by atoms with E-state index in [0.29, 0.717) is 24.2 Å². The van der Waals surface area contributed by atoms with E-state index < -0.39 is 11.6 Å². The Labute approximate surface area is 146 Å². The molecule has 0 aliphatic heterocycles. The summed E-state index contributed by atoms with van der Waals surface area (Å²) in [5.41, 5.74) is 6.62. The molecular formula is C18H23N5O2. The molecule has 1 aromatic heterocycles. The summed E-state index contributed by atoms with van der Waals surface area (Å²) in [5.74, 6) is -0.350. The fourth-order valence-corrected chi connectivity index (χ4v) is 3.04. The van der Waals surface area contributed by atoms with Crippen LogP contribution in [-0.4, -0.2) is 27.1 Å². The minimum absolute atomic E-state index is 0.168. The van der Waals surface area contributed by atoms with E-state index in [1.54, 1.807) is 54.3 Å². The van der Waals surface area contributed by atoms with Crippen molar-refractivity contribution in [3.05, 3.63) is 42.7 Å². The zero-order valence-electron chi connectivity index (χ0n) is 14.2. The molecule has 1 unspecified atom stereocenters. The first kappa shape index (κ1) is 17.2. The van der Waals surface area contributed by atoms with E-state index in [0.717, 1.165) is 12.8 Å². The van der Waals surface area contributed by atoms with Crippen LogP contribution in [0.15, 0.2) is 42.7 Å². The molecule has 1 aromatic carbocycles. The van der Waals surface area contributed by atoms with Gasteiger partial charge in [0, 0.05) is 23.8 Å². The van der Waals surface area contributed by atoms with Crippen LogP contribution in [0.2, 0.25) is 0 Å². The quantitative estimate of drug-likeness (QED) is 0.776. The summed E-state index contributed by atoms with van der Waals surface area (Å²) < 4.78 is 1.58. The Morgan fingerprint density at radius 1 is 1.20 bits per heavy atom. The van der Waals surface area contributed by atoms with Gasteiger partial charge < -0.3 is 16.4 Å². The largest absolute Gasteiger partial charge is 0.324 e. The number of hydrogen-bond acceptors (Lipinski definition) is 4. The lowest BCUT2D eigenvalue weighted by molar-refractivity contribution is -0.121. The smallest absolute Gasteiger partial charge is 0.248 e. The van der Waals surface area contributed by atoms with E-state index >= 15 is 0 Å². The zero-order chi connectivity index (χ0) is 17.9. The van der Waals surface area contributed by atoms with Gasteiger partial charge in [-0.1, -0.05) is 18.9 Å². The van der Waals surface area contributed by atoms with Gasteiger partial charge in [-0.15, -0.1) is 0 Å². The third-order valence-corrected chi connectivity index (χ3v) is 4.64. The van der Waals surface area contributed by atoms with Crippen LogP contribution >= 0.6 is 0 Å². The van der Waals surface area contributed by atoms with Crippen molar-refractivity contribution in [2.45, 2.75) is 44.2 Å². The molecule has 1 fully saturated rings. The highest BCUT2D eigenvalue weighted by atomic mass is 16.2. The second kappa shape index (κ2) is 7.06. The van der Waals surface area contributed by atoms with Crippen molar-refractivity contribution in [3.8, 4) is 0 Å². The first-order valence-electron chi connectivity index (χ1n) is 8.48. The first-order chi connectivity index (χ1) is 12.0. The van der Waals surface area contributed by atoms with E-state index in [2.05, 4.69) is 15.7 Å². The monoisotopic (exact) mass is 341 g/mol. The molecule has 7 nitrogen and oxygen atoms in total. The normalized spacial score (nSPS) is 17.0. The Hall–Kier alpha value is -2.67. The Kier molecular flexibility index (Phi) is 4.85. The van der Waals surface area contributed by atoms with Crippen LogP contribution in [0, 0.1) is 0 Å². The summed E-state index contributed by atoms with van der Waals surface area (Å²) in [6.45, 7) is 1.77. The highest BCUT2D eigenvalue weighted by Crippen LogP contribution is 2.28. The molecule has 1 aliphatic rings. The number of hydrogen-bond donors (Lipinski definition) is 3. The maximum absolute atomic E-state index is 12.4. The molecule has 132 valence electrons. The number of aromatic nitrogens is 2. The number of rotatable bonds is 5. The first-order valence-corrected chi connectivity index (χ1v) is 8.48. The molecular weight excluding hydrogens is 318 g/mol. The van der Waals surface area contributed by atoms with Crippen molar-refractivity contribution in [1.82, 2.24) is 9.78 Å². The summed E-state index contributed by atoms with van der Waals surface area (Å²) in [6, 6.07) is 8.40. The Bertz CT molecular complexity index is 751. The van der Waals surface area contributed by atoms with Crippen LogP contribution in [0.3, 0.4) is 0 Å². The van der Waals surface area contributed by atoms with Gasteiger partial charge >= 0.3 is 0 Å². The Balaban J connectivity index is 1.65. The highest BCUT2D eigenvalue weighted by Gasteiger charge is 2.36. The maximum atomic E-state index is 12.4. The van der Waals surface area contributed by atoms with Crippen molar-refractivity contribution >= 4 is 23.2 Å². The Morgan fingerprint density at radius 2 is 1.88 bits per heavy atom. The molecule has 7 heteroatoms. The van der Waals surface area contributed by atoms with Crippen molar-refractivity contribution in [3.63, 3.8) is 0 Å². The molecule has 0 saturated heterocycles. The van der Waals surface area contributed by atoms with Crippen LogP contribution in [0.5, 0.6) is 0 Å². The van der Waals surface area contributed by atoms with E-state index in [9.17, 15) is 9.59 Å². The second-order valence-electron chi connectivity index (χ2n) is 6.55. The highest BCUT2D eigenvalue weighted by molar-refractivity contribution is 5.99. The predicted molar refractivity (Wildman–Crippen MR) is 96.0 cm³/mol. The van der Waals surface area contributed by atoms with Gasteiger partial charge in [-0.3, -0.25) is 14.3 Å². The summed E-state index contributed by atoms with van der Waals surface area (Å²) >= 11 is 0. The fraction of sp³-hybridized carbons (Fsp3) is 0.389. The van der Waals surface area contributed by atoms with Crippen LogP contribution in [0.25, 0.3) is 0 Å². The molecule has 25 heavy (non-hydrogen) atoms. The number of amides is 2. The average Bonchev–Trinajstić information content (AvgIpc) is 3.26. The molecule has 4 N–H and O–H groups in total. The summed E-state index contributed by atoms with van der Waals surface area (Å²) in [5, 5.41) is 9.77. The molecule has 0 bridgehead atoms. The molecule has 1 heterocycles. The van der Waals surface area contributed by atoms with Crippen LogP contribution in [0.1, 0.15) is 38.6 Å². The van der Waals surface area contributed by atoms with Gasteiger partial charge in [0.25, 0.3) is 0 Å². The topological polar surface area (TPSA) is 102 Å². The molecule has 1 atom stereocenters. The van der Waals surface area contributed by atoms with Crippen LogP contribution < -0.4 is 16.4 Å². The number of nitrogens with two attached hydrogens (primary N) is 1. The number of nitrogens with one attached hydrogen (secondary N) is 2. The minimum atomic E-state index is -0.784. The zero-order valence-corrected chi connectivity index (χ0v) is 14.2. The number of nitrogens with zero attached hydrogens (tertiary/aromatic N) is 2. The lowest BCUT2D eigenvalue weighted by Gasteiger charge is -2.22. The van der Waals surface area contributed by atoms with Gasteiger partial charge in [0.2, 0.25) is 11.8 Å². The summed E-state index contributed by atoms with van der Waals surface area (Å²) in [6.07, 6.45) is 6.73. The van der Waals surface area contributed by atoms with Gasteiger partial charge in [0.1, 0.15) is 6.04 Å². The van der Waals surface area contributed by atoms with Crippen molar-refractivity contribution < 1.29 is 9.59 Å². The molecule has 1 aliphatic carbocycles. The predicted octanol–water partition coefficient (Wildman–Crippen LogP) is 2.29. The van der Waals surface area contributed by atoms with Crippen molar-refractivity contribution in [2.75, 3.05) is 10.6 Å². The summed E-state index contributed by atoms with van der Waals surface area (Å²) in [4.78, 5) is 24.7. The minimum Gasteiger partial charge on any atom is -0.324 e. The standard InChI is InChI=1S/C18H23N5O2/c1-13(23-11-5-10-20-23)16(24)21-14-6-4-7-15(12-14)22-17(25)18(19)8-2-3-9-18/h4-7,10-13H,2-3,8-9,19H2,1H3,(H,21,24)(H,22,25). The van der Waals surface area contributed by atoms with Crippen molar-refractivity contribution in [1.29, 1.82) is 0 Å². The van der Waals surface area contributed by atoms with Gasteiger partial charge in [0.15, 0.2) is 0 Å². The average molecular weight is 341 g/mol. The molecule has 0 spiro atoms. The summed E-state index contributed by atoms with van der Waals surface area (Å²) in [7, 11) is 0. The number of carbonyl (C=O) groups is 2. The molecule has 2 amide bonds. The molecule has 1 saturated carbocycles. The second-order valence-corrected chi connectivity index (χ2v) is 6.55. The lowest BCUT2D eigenvalue weighted by atomic mass is 9.98. The van der Waals surface area contributed by atoms with Crippen LogP contribution in [0.4, 0.5) is 11.4 Å². The van der Waals surface area contributed by atoms with Gasteiger partial charge in [-0.2, -0.15) is 5.10 Å². The lowest BCUT2D eigenvalue weighted by Crippen LogP contribution is -2.48. The van der Waals surface area contributed by atoms with E-state index in [1.807, 2.05) is 0 Å². The SMILES string of the molecule is CC(C(=O)Nc1cccc(NC(=O)C2(N)CCCC2)c1)n1cccn1. The van der Waals surface area contributed by atoms with Gasteiger partial charge in [0.05, 0.1) is 5.54 Å². The van der Waals surface area contributed by atoms with Crippen LogP contribution in [-0.2, 0) is 9.59 Å². The van der Waals surface area contributed by atoms with E-state index in [-0.39, 0.29) is 11.8 Å². The number of anilines is 2. The Morgan fingerprint density at radius 3 is 2.52 bits per heavy atom. The van der Waals surface area contributed by atoms with E-state index in [1.165, 1.54) is 0 Å². The number of benzene rings is 1. The third kappa shape index (κ3) is 3.88.